The van der Waals surface area contributed by atoms with Crippen molar-refractivity contribution in [1.82, 2.24) is 4.98 Å². The Morgan fingerprint density at radius 1 is 1.30 bits per heavy atom. The van der Waals surface area contributed by atoms with Crippen LogP contribution in [0.3, 0.4) is 0 Å². The number of nitrogens with one attached hydrogen (secondary N) is 1. The number of pyridine rings is 1. The summed E-state index contributed by atoms with van der Waals surface area (Å²) in [5, 5.41) is 12.9. The number of hydrogen-bond acceptors (Lipinski definition) is 6. The number of carbonyl (C=O) groups is 1. The zero-order chi connectivity index (χ0) is 16.8. The molecule has 0 bridgehead atoms. The highest BCUT2D eigenvalue weighted by atomic mass is 79.9. The van der Waals surface area contributed by atoms with E-state index >= 15 is 0 Å². The van der Waals surface area contributed by atoms with E-state index in [0.29, 0.717) is 21.8 Å². The molecule has 0 saturated carbocycles. The molecule has 1 heterocycles. The zero-order valence-corrected chi connectivity index (χ0v) is 14.0. The standard InChI is InChI=1S/C15H14BrN3O4/c1-22-11-5-3-9(13(16)14(11)23-2)8-18-19-12-6-4-10(7-17-12)15(20)21/h3-8H,1-2H3,(H,17,19)(H,20,21)/b18-8+. The predicted molar refractivity (Wildman–Crippen MR) is 89.7 cm³/mol. The average Bonchev–Trinajstić information content (AvgIpc) is 2.56. The summed E-state index contributed by atoms with van der Waals surface area (Å²) in [6, 6.07) is 6.56. The van der Waals surface area contributed by atoms with Crippen LogP contribution in [0.2, 0.25) is 0 Å². The van der Waals surface area contributed by atoms with Crippen molar-refractivity contribution in [3.63, 3.8) is 0 Å². The van der Waals surface area contributed by atoms with E-state index in [2.05, 4.69) is 31.4 Å². The lowest BCUT2D eigenvalue weighted by Gasteiger charge is -2.10. The SMILES string of the molecule is COc1ccc(/C=N/Nc2ccc(C(=O)O)cn2)c(Br)c1OC. The number of hydrogen-bond donors (Lipinski definition) is 2. The van der Waals surface area contributed by atoms with Crippen molar-refractivity contribution in [3.05, 3.63) is 46.1 Å². The van der Waals surface area contributed by atoms with Crippen LogP contribution in [0.15, 0.2) is 40.0 Å². The minimum absolute atomic E-state index is 0.113. The summed E-state index contributed by atoms with van der Waals surface area (Å²) in [7, 11) is 3.11. The van der Waals surface area contributed by atoms with E-state index in [-0.39, 0.29) is 5.56 Å². The number of ether oxygens (including phenoxy) is 2. The number of aromatic nitrogens is 1. The molecule has 2 aromatic rings. The Balaban J connectivity index is 2.13. The molecule has 0 amide bonds. The number of aromatic carboxylic acids is 1. The molecule has 0 aliphatic heterocycles. The molecular weight excluding hydrogens is 366 g/mol. The lowest BCUT2D eigenvalue weighted by atomic mass is 10.2. The number of rotatable bonds is 6. The van der Waals surface area contributed by atoms with Crippen molar-refractivity contribution in [2.75, 3.05) is 19.6 Å². The fraction of sp³-hybridized carbons (Fsp3) is 0.133. The molecule has 7 nitrogen and oxygen atoms in total. The molecule has 0 fully saturated rings. The van der Waals surface area contributed by atoms with Crippen LogP contribution in [0.1, 0.15) is 15.9 Å². The summed E-state index contributed by atoms with van der Waals surface area (Å²) in [5.74, 6) is 0.584. The normalized spacial score (nSPS) is 10.6. The van der Waals surface area contributed by atoms with E-state index in [9.17, 15) is 4.79 Å². The molecule has 0 aliphatic rings. The van der Waals surface area contributed by atoms with Crippen LogP contribution in [0.5, 0.6) is 11.5 Å². The molecule has 1 aromatic carbocycles. The molecule has 0 spiro atoms. The van der Waals surface area contributed by atoms with Gasteiger partial charge in [0.1, 0.15) is 5.82 Å². The van der Waals surface area contributed by atoms with Gasteiger partial charge in [-0.1, -0.05) is 0 Å². The third-order valence-electron chi connectivity index (χ3n) is 2.91. The summed E-state index contributed by atoms with van der Waals surface area (Å²) >= 11 is 3.44. The molecule has 2 rings (SSSR count). The molecular formula is C15H14BrN3O4. The molecule has 120 valence electrons. The van der Waals surface area contributed by atoms with Gasteiger partial charge in [0, 0.05) is 11.8 Å². The topological polar surface area (TPSA) is 93.0 Å². The van der Waals surface area contributed by atoms with Gasteiger partial charge < -0.3 is 14.6 Å². The number of carboxylic acid groups (broad SMARTS) is 1. The fourth-order valence-corrected chi connectivity index (χ4v) is 2.35. The molecule has 23 heavy (non-hydrogen) atoms. The van der Waals surface area contributed by atoms with Gasteiger partial charge in [-0.05, 0) is 40.2 Å². The summed E-state index contributed by atoms with van der Waals surface area (Å²) in [6.45, 7) is 0. The van der Waals surface area contributed by atoms with Gasteiger partial charge in [0.05, 0.1) is 30.5 Å². The first-order chi connectivity index (χ1) is 11.1. The van der Waals surface area contributed by atoms with Crippen LogP contribution in [-0.2, 0) is 0 Å². The van der Waals surface area contributed by atoms with Gasteiger partial charge >= 0.3 is 5.97 Å². The van der Waals surface area contributed by atoms with Gasteiger partial charge in [-0.3, -0.25) is 5.43 Å². The Bertz CT molecular complexity index is 732. The van der Waals surface area contributed by atoms with Crippen molar-refractivity contribution < 1.29 is 19.4 Å². The van der Waals surface area contributed by atoms with Crippen molar-refractivity contribution in [3.8, 4) is 11.5 Å². The average molecular weight is 380 g/mol. The number of hydrazone groups is 1. The maximum absolute atomic E-state index is 10.7. The summed E-state index contributed by atoms with van der Waals surface area (Å²) < 4.78 is 11.2. The van der Waals surface area contributed by atoms with Crippen molar-refractivity contribution in [2.24, 2.45) is 5.10 Å². The summed E-state index contributed by atoms with van der Waals surface area (Å²) in [6.07, 6.45) is 2.84. The van der Waals surface area contributed by atoms with Crippen LogP contribution in [0, 0.1) is 0 Å². The van der Waals surface area contributed by atoms with E-state index in [4.69, 9.17) is 14.6 Å². The Hall–Kier alpha value is -2.61. The van der Waals surface area contributed by atoms with Gasteiger partial charge in [0.15, 0.2) is 11.5 Å². The largest absolute Gasteiger partial charge is 0.493 e. The number of carboxylic acids is 1. The number of benzene rings is 1. The van der Waals surface area contributed by atoms with Gasteiger partial charge in [-0.2, -0.15) is 5.10 Å². The smallest absolute Gasteiger partial charge is 0.337 e. The first-order valence-corrected chi connectivity index (χ1v) is 7.25. The molecule has 0 aliphatic carbocycles. The van der Waals surface area contributed by atoms with Crippen LogP contribution in [-0.4, -0.2) is 36.5 Å². The van der Waals surface area contributed by atoms with Crippen molar-refractivity contribution in [2.45, 2.75) is 0 Å². The zero-order valence-electron chi connectivity index (χ0n) is 12.4. The van der Waals surface area contributed by atoms with E-state index in [1.807, 2.05) is 6.07 Å². The summed E-state index contributed by atoms with van der Waals surface area (Å²) in [4.78, 5) is 14.7. The first kappa shape index (κ1) is 16.8. The van der Waals surface area contributed by atoms with Gasteiger partial charge in [-0.25, -0.2) is 9.78 Å². The van der Waals surface area contributed by atoms with Crippen LogP contribution in [0.4, 0.5) is 5.82 Å². The van der Waals surface area contributed by atoms with Gasteiger partial charge in [-0.15, -0.1) is 0 Å². The van der Waals surface area contributed by atoms with Crippen LogP contribution >= 0.6 is 15.9 Å². The Morgan fingerprint density at radius 2 is 2.09 bits per heavy atom. The Labute approximate surface area is 141 Å². The third kappa shape index (κ3) is 3.98. The maximum Gasteiger partial charge on any atom is 0.337 e. The lowest BCUT2D eigenvalue weighted by molar-refractivity contribution is 0.0696. The predicted octanol–water partition coefficient (Wildman–Crippen LogP) is 3.01. The first-order valence-electron chi connectivity index (χ1n) is 6.45. The second kappa shape index (κ2) is 7.59. The second-order valence-electron chi connectivity index (χ2n) is 4.31. The quantitative estimate of drug-likeness (QED) is 0.591. The summed E-state index contributed by atoms with van der Waals surface area (Å²) in [5.41, 5.74) is 3.61. The minimum atomic E-state index is -1.03. The molecule has 8 heteroatoms. The molecule has 0 unspecified atom stereocenters. The number of halogens is 1. The van der Waals surface area contributed by atoms with E-state index in [0.717, 1.165) is 5.56 Å². The number of anilines is 1. The van der Waals surface area contributed by atoms with E-state index in [1.165, 1.54) is 18.3 Å². The van der Waals surface area contributed by atoms with E-state index < -0.39 is 5.97 Å². The van der Waals surface area contributed by atoms with Crippen molar-refractivity contribution >= 4 is 33.9 Å². The Morgan fingerprint density at radius 3 is 2.65 bits per heavy atom. The highest BCUT2D eigenvalue weighted by Crippen LogP contribution is 2.36. The van der Waals surface area contributed by atoms with Crippen molar-refractivity contribution in [1.29, 1.82) is 0 Å². The van der Waals surface area contributed by atoms with Gasteiger partial charge in [0.2, 0.25) is 0 Å². The monoisotopic (exact) mass is 379 g/mol. The van der Waals surface area contributed by atoms with Gasteiger partial charge in [0.25, 0.3) is 0 Å². The highest BCUT2D eigenvalue weighted by Gasteiger charge is 2.11. The lowest BCUT2D eigenvalue weighted by Crippen LogP contribution is -1.99. The third-order valence-corrected chi connectivity index (χ3v) is 3.73. The van der Waals surface area contributed by atoms with Crippen LogP contribution < -0.4 is 14.9 Å². The molecule has 0 saturated heterocycles. The van der Waals surface area contributed by atoms with E-state index in [1.54, 1.807) is 26.5 Å². The molecule has 0 radical (unpaired) electrons. The Kier molecular flexibility index (Phi) is 5.53. The minimum Gasteiger partial charge on any atom is -0.493 e. The number of methoxy groups -OCH3 is 2. The molecule has 2 N–H and O–H groups in total. The highest BCUT2D eigenvalue weighted by molar-refractivity contribution is 9.10. The molecule has 1 aromatic heterocycles. The maximum atomic E-state index is 10.7. The fourth-order valence-electron chi connectivity index (χ4n) is 1.76. The number of nitrogens with zero attached hydrogens (tertiary/aromatic N) is 2. The van der Waals surface area contributed by atoms with Crippen LogP contribution in [0.25, 0.3) is 0 Å². The molecule has 0 atom stereocenters. The second-order valence-corrected chi connectivity index (χ2v) is 5.10.